The van der Waals surface area contributed by atoms with E-state index in [1.54, 1.807) is 24.3 Å². The Kier molecular flexibility index (Phi) is 6.51. The fourth-order valence-electron chi connectivity index (χ4n) is 2.15. The summed E-state index contributed by atoms with van der Waals surface area (Å²) in [5.74, 6) is -2.08. The highest BCUT2D eigenvalue weighted by atomic mass is 19.1. The summed E-state index contributed by atoms with van der Waals surface area (Å²) in [4.78, 5) is 22.7. The van der Waals surface area contributed by atoms with Gasteiger partial charge in [-0.2, -0.15) is 0 Å². The second-order valence-electron chi connectivity index (χ2n) is 5.55. The third-order valence-corrected chi connectivity index (χ3v) is 3.61. The summed E-state index contributed by atoms with van der Waals surface area (Å²) in [7, 11) is 0. The van der Waals surface area contributed by atoms with Gasteiger partial charge in [0, 0.05) is 12.1 Å². The smallest absolute Gasteiger partial charge is 0.335 e. The van der Waals surface area contributed by atoms with Gasteiger partial charge in [-0.05, 0) is 42.3 Å². The maximum absolute atomic E-state index is 13.8. The van der Waals surface area contributed by atoms with Gasteiger partial charge >= 0.3 is 5.97 Å². The van der Waals surface area contributed by atoms with Gasteiger partial charge in [0.1, 0.15) is 6.61 Å². The predicted molar refractivity (Wildman–Crippen MR) is 91.4 cm³/mol. The minimum absolute atomic E-state index is 0.0219. The number of amides is 1. The molecule has 0 spiro atoms. The van der Waals surface area contributed by atoms with Gasteiger partial charge in [-0.25, -0.2) is 9.18 Å². The van der Waals surface area contributed by atoms with Crippen LogP contribution in [-0.2, 0) is 6.61 Å². The molecule has 2 N–H and O–H groups in total. The molecule has 6 heteroatoms. The van der Waals surface area contributed by atoms with Gasteiger partial charge in [-0.1, -0.05) is 25.5 Å². The molecule has 1 amide bonds. The molecule has 0 saturated heterocycles. The van der Waals surface area contributed by atoms with Crippen molar-refractivity contribution in [1.82, 2.24) is 5.32 Å². The third-order valence-electron chi connectivity index (χ3n) is 3.61. The van der Waals surface area contributed by atoms with Crippen LogP contribution >= 0.6 is 0 Å². The standard InChI is InChI=1S/C19H20FNO4/c1-2-3-10-21-18(22)14-6-4-13(5-7-14)12-25-17-9-8-15(19(23)24)11-16(17)20/h4-9,11H,2-3,10,12H2,1H3,(H,21,22)(H,23,24). The van der Waals surface area contributed by atoms with E-state index in [2.05, 4.69) is 12.2 Å². The maximum Gasteiger partial charge on any atom is 0.335 e. The van der Waals surface area contributed by atoms with Gasteiger partial charge in [0.05, 0.1) is 5.56 Å². The van der Waals surface area contributed by atoms with Gasteiger partial charge in [0.25, 0.3) is 5.91 Å². The highest BCUT2D eigenvalue weighted by Crippen LogP contribution is 2.20. The topological polar surface area (TPSA) is 75.6 Å². The predicted octanol–water partition coefficient (Wildman–Crippen LogP) is 3.63. The number of halogens is 1. The molecule has 2 rings (SSSR count). The SMILES string of the molecule is CCCCNC(=O)c1ccc(COc2ccc(C(=O)O)cc2F)cc1. The molecule has 0 radical (unpaired) electrons. The van der Waals surface area contributed by atoms with Crippen LogP contribution in [0.15, 0.2) is 42.5 Å². The molecule has 0 aliphatic carbocycles. The Hall–Kier alpha value is -2.89. The van der Waals surface area contributed by atoms with Gasteiger partial charge < -0.3 is 15.2 Å². The Morgan fingerprint density at radius 1 is 1.12 bits per heavy atom. The first-order valence-corrected chi connectivity index (χ1v) is 8.04. The number of aromatic carboxylic acids is 1. The Balaban J connectivity index is 1.93. The van der Waals surface area contributed by atoms with Gasteiger partial charge in [-0.15, -0.1) is 0 Å². The van der Waals surface area contributed by atoms with Crippen LogP contribution in [-0.4, -0.2) is 23.5 Å². The van der Waals surface area contributed by atoms with E-state index in [1.165, 1.54) is 12.1 Å². The lowest BCUT2D eigenvalue weighted by molar-refractivity contribution is 0.0696. The van der Waals surface area contributed by atoms with Crippen LogP contribution in [0.25, 0.3) is 0 Å². The molecular weight excluding hydrogens is 325 g/mol. The molecule has 0 bridgehead atoms. The zero-order chi connectivity index (χ0) is 18.2. The molecule has 5 nitrogen and oxygen atoms in total. The number of carbonyl (C=O) groups excluding carboxylic acids is 1. The lowest BCUT2D eigenvalue weighted by atomic mass is 10.1. The van der Waals surface area contributed by atoms with E-state index in [-0.39, 0.29) is 23.8 Å². The highest BCUT2D eigenvalue weighted by Gasteiger charge is 2.10. The number of hydrogen-bond donors (Lipinski definition) is 2. The second kappa shape index (κ2) is 8.82. The van der Waals surface area contributed by atoms with Crippen LogP contribution in [0.5, 0.6) is 5.75 Å². The van der Waals surface area contributed by atoms with Crippen LogP contribution in [0.3, 0.4) is 0 Å². The fourth-order valence-corrected chi connectivity index (χ4v) is 2.15. The number of ether oxygens (including phenoxy) is 1. The quantitative estimate of drug-likeness (QED) is 0.716. The summed E-state index contributed by atoms with van der Waals surface area (Å²) in [6, 6.07) is 10.3. The Morgan fingerprint density at radius 3 is 2.40 bits per heavy atom. The number of carbonyl (C=O) groups is 2. The van der Waals surface area contributed by atoms with E-state index >= 15 is 0 Å². The van der Waals surface area contributed by atoms with E-state index in [9.17, 15) is 14.0 Å². The molecule has 0 aliphatic rings. The second-order valence-corrected chi connectivity index (χ2v) is 5.55. The average molecular weight is 345 g/mol. The molecule has 0 unspecified atom stereocenters. The van der Waals surface area contributed by atoms with E-state index in [1.807, 2.05) is 0 Å². The molecule has 0 fully saturated rings. The number of carboxylic acids is 1. The van der Waals surface area contributed by atoms with Crippen LogP contribution in [0.2, 0.25) is 0 Å². The van der Waals surface area contributed by atoms with Crippen molar-refractivity contribution in [2.75, 3.05) is 6.54 Å². The summed E-state index contributed by atoms with van der Waals surface area (Å²) in [5.41, 5.74) is 1.19. The first-order chi connectivity index (χ1) is 12.0. The zero-order valence-corrected chi connectivity index (χ0v) is 13.9. The molecule has 0 aliphatic heterocycles. The molecule has 132 valence electrons. The number of unbranched alkanes of at least 4 members (excludes halogenated alkanes) is 1. The molecule has 25 heavy (non-hydrogen) atoms. The average Bonchev–Trinajstić information content (AvgIpc) is 2.61. The van der Waals surface area contributed by atoms with Gasteiger partial charge in [-0.3, -0.25) is 4.79 Å². The molecule has 2 aromatic carbocycles. The molecular formula is C19H20FNO4. The van der Waals surface area contributed by atoms with Crippen molar-refractivity contribution in [1.29, 1.82) is 0 Å². The number of carboxylic acid groups (broad SMARTS) is 1. The minimum atomic E-state index is -1.20. The lowest BCUT2D eigenvalue weighted by Gasteiger charge is -2.09. The molecule has 0 heterocycles. The van der Waals surface area contributed by atoms with Crippen LogP contribution < -0.4 is 10.1 Å². The Labute approximate surface area is 145 Å². The summed E-state index contributed by atoms with van der Waals surface area (Å²) >= 11 is 0. The van der Waals surface area contributed by atoms with Crippen molar-refractivity contribution in [3.8, 4) is 5.75 Å². The van der Waals surface area contributed by atoms with Crippen molar-refractivity contribution in [2.24, 2.45) is 0 Å². The van der Waals surface area contributed by atoms with Crippen LogP contribution in [0, 0.1) is 5.82 Å². The van der Waals surface area contributed by atoms with Gasteiger partial charge in [0.15, 0.2) is 11.6 Å². The molecule has 2 aromatic rings. The summed E-state index contributed by atoms with van der Waals surface area (Å²) in [6.07, 6.45) is 1.95. The van der Waals surface area contributed by atoms with Crippen molar-refractivity contribution in [3.05, 3.63) is 65.0 Å². The Bertz CT molecular complexity index is 744. The van der Waals surface area contributed by atoms with Crippen molar-refractivity contribution in [2.45, 2.75) is 26.4 Å². The monoisotopic (exact) mass is 345 g/mol. The number of rotatable bonds is 8. The van der Waals surface area contributed by atoms with Crippen molar-refractivity contribution >= 4 is 11.9 Å². The Morgan fingerprint density at radius 2 is 1.80 bits per heavy atom. The maximum atomic E-state index is 13.8. The van der Waals surface area contributed by atoms with Gasteiger partial charge in [0.2, 0.25) is 0 Å². The molecule has 0 saturated carbocycles. The minimum Gasteiger partial charge on any atom is -0.486 e. The summed E-state index contributed by atoms with van der Waals surface area (Å²) in [6.45, 7) is 2.81. The highest BCUT2D eigenvalue weighted by molar-refractivity contribution is 5.94. The summed E-state index contributed by atoms with van der Waals surface area (Å²) in [5, 5.41) is 11.6. The van der Waals surface area contributed by atoms with E-state index < -0.39 is 11.8 Å². The van der Waals surface area contributed by atoms with E-state index in [0.717, 1.165) is 24.5 Å². The first-order valence-electron chi connectivity index (χ1n) is 8.04. The van der Waals surface area contributed by atoms with Crippen LogP contribution in [0.4, 0.5) is 4.39 Å². The molecule has 0 atom stereocenters. The number of hydrogen-bond acceptors (Lipinski definition) is 3. The third kappa shape index (κ3) is 5.31. The van der Waals surface area contributed by atoms with Crippen molar-refractivity contribution < 1.29 is 23.8 Å². The lowest BCUT2D eigenvalue weighted by Crippen LogP contribution is -2.24. The normalized spacial score (nSPS) is 10.3. The van der Waals surface area contributed by atoms with E-state index in [0.29, 0.717) is 12.1 Å². The summed E-state index contributed by atoms with van der Waals surface area (Å²) < 4.78 is 19.2. The largest absolute Gasteiger partial charge is 0.486 e. The molecule has 0 aromatic heterocycles. The fraction of sp³-hybridized carbons (Fsp3) is 0.263. The van der Waals surface area contributed by atoms with E-state index in [4.69, 9.17) is 9.84 Å². The zero-order valence-electron chi connectivity index (χ0n) is 13.9. The number of nitrogens with one attached hydrogen (secondary N) is 1. The van der Waals surface area contributed by atoms with Crippen LogP contribution in [0.1, 0.15) is 46.0 Å². The first kappa shape index (κ1) is 18.4. The number of benzene rings is 2. The van der Waals surface area contributed by atoms with Crippen molar-refractivity contribution in [3.63, 3.8) is 0 Å².